The van der Waals surface area contributed by atoms with Crippen LogP contribution in [0.2, 0.25) is 0 Å². The van der Waals surface area contributed by atoms with Crippen LogP contribution in [0.1, 0.15) is 5.56 Å². The van der Waals surface area contributed by atoms with Gasteiger partial charge in [-0.25, -0.2) is 4.79 Å². The molecule has 0 spiro atoms. The summed E-state index contributed by atoms with van der Waals surface area (Å²) in [5, 5.41) is 8.62. The van der Waals surface area contributed by atoms with Crippen molar-refractivity contribution in [1.82, 2.24) is 0 Å². The third-order valence-corrected chi connectivity index (χ3v) is 1.94. The minimum atomic E-state index is -1.04. The lowest BCUT2D eigenvalue weighted by Crippen LogP contribution is -2.32. The van der Waals surface area contributed by atoms with Crippen LogP contribution in [0.25, 0.3) is 0 Å². The van der Waals surface area contributed by atoms with Crippen molar-refractivity contribution in [3.05, 3.63) is 36.1 Å². The van der Waals surface area contributed by atoms with Crippen molar-refractivity contribution in [2.45, 2.75) is 12.5 Å². The second-order valence-electron chi connectivity index (χ2n) is 3.15. The number of benzene rings is 1. The van der Waals surface area contributed by atoms with Gasteiger partial charge in [0.25, 0.3) is 0 Å². The Morgan fingerprint density at radius 2 is 2.12 bits per heavy atom. The molecule has 0 radical (unpaired) electrons. The first-order chi connectivity index (χ1) is 7.63. The first-order valence-corrected chi connectivity index (χ1v) is 4.57. The first-order valence-electron chi connectivity index (χ1n) is 4.57. The van der Waals surface area contributed by atoms with Crippen LogP contribution in [0.15, 0.2) is 30.5 Å². The fourth-order valence-corrected chi connectivity index (χ4v) is 1.14. The van der Waals surface area contributed by atoms with Gasteiger partial charge in [-0.2, -0.15) is 0 Å². The van der Waals surface area contributed by atoms with E-state index in [0.29, 0.717) is 5.75 Å². The lowest BCUT2D eigenvalue weighted by atomic mass is 10.1. The number of carbonyl (C=O) groups excluding carboxylic acids is 1. The molecule has 1 aromatic carbocycles. The molecule has 3 N–H and O–H groups in total. The molecule has 0 aliphatic heterocycles. The van der Waals surface area contributed by atoms with Crippen molar-refractivity contribution in [3.63, 3.8) is 0 Å². The fourth-order valence-electron chi connectivity index (χ4n) is 1.14. The maximum atomic E-state index is 10.5. The average Bonchev–Trinajstić information content (AvgIpc) is 2.28. The van der Waals surface area contributed by atoms with E-state index in [1.165, 1.54) is 5.94 Å². The van der Waals surface area contributed by atoms with Gasteiger partial charge in [-0.15, -0.1) is 0 Å². The molecule has 0 saturated heterocycles. The van der Waals surface area contributed by atoms with E-state index in [1.54, 1.807) is 24.3 Å². The molecule has 16 heavy (non-hydrogen) atoms. The molecule has 5 nitrogen and oxygen atoms in total. The van der Waals surface area contributed by atoms with Crippen LogP contribution in [0, 0.1) is 0 Å². The molecular formula is C11H11NO4. The Labute approximate surface area is 92.1 Å². The topological polar surface area (TPSA) is 89.6 Å². The molecule has 0 heterocycles. The van der Waals surface area contributed by atoms with Gasteiger partial charge in [0.1, 0.15) is 11.8 Å². The van der Waals surface area contributed by atoms with Crippen molar-refractivity contribution < 1.29 is 19.4 Å². The molecule has 0 unspecified atom stereocenters. The molecule has 1 aromatic rings. The van der Waals surface area contributed by atoms with Crippen molar-refractivity contribution in [2.75, 3.05) is 0 Å². The van der Waals surface area contributed by atoms with Crippen LogP contribution in [-0.2, 0) is 16.0 Å². The zero-order valence-electron chi connectivity index (χ0n) is 8.42. The zero-order chi connectivity index (χ0) is 12.0. The summed E-state index contributed by atoms with van der Waals surface area (Å²) in [5.41, 5.74) is 6.17. The number of hydrogen-bond acceptors (Lipinski definition) is 4. The van der Waals surface area contributed by atoms with Gasteiger partial charge in [-0.1, -0.05) is 12.1 Å². The maximum absolute atomic E-state index is 10.5. The first kappa shape index (κ1) is 12.0. The summed E-state index contributed by atoms with van der Waals surface area (Å²) in [6.07, 6.45) is 1.15. The molecule has 0 aromatic heterocycles. The molecule has 0 amide bonds. The highest BCUT2D eigenvalue weighted by molar-refractivity contribution is 5.73. The Morgan fingerprint density at radius 3 is 2.62 bits per heavy atom. The Morgan fingerprint density at radius 1 is 1.50 bits per heavy atom. The van der Waals surface area contributed by atoms with Gasteiger partial charge < -0.3 is 15.6 Å². The largest absolute Gasteiger partial charge is 0.480 e. The second kappa shape index (κ2) is 5.70. The van der Waals surface area contributed by atoms with Crippen molar-refractivity contribution in [3.8, 4) is 5.75 Å². The highest BCUT2D eigenvalue weighted by Gasteiger charge is 2.11. The SMILES string of the molecule is N[C@@H](Cc1ccc(OC=C=O)cc1)C(=O)O. The normalized spacial score (nSPS) is 11.3. The van der Waals surface area contributed by atoms with Crippen molar-refractivity contribution >= 4 is 11.9 Å². The van der Waals surface area contributed by atoms with Crippen LogP contribution in [0.3, 0.4) is 0 Å². The number of carboxylic acids is 1. The predicted octanol–water partition coefficient (Wildman–Crippen LogP) is 0.365. The Kier molecular flexibility index (Phi) is 4.27. The van der Waals surface area contributed by atoms with Crippen LogP contribution in [0.5, 0.6) is 5.75 Å². The van der Waals surface area contributed by atoms with E-state index in [4.69, 9.17) is 15.6 Å². The van der Waals surface area contributed by atoms with Gasteiger partial charge in [-0.3, -0.25) is 4.79 Å². The van der Waals surface area contributed by atoms with E-state index in [-0.39, 0.29) is 6.42 Å². The fraction of sp³-hybridized carbons (Fsp3) is 0.182. The molecule has 0 aliphatic rings. The minimum absolute atomic E-state index is 0.249. The smallest absolute Gasteiger partial charge is 0.320 e. The average molecular weight is 221 g/mol. The molecule has 0 bridgehead atoms. The monoisotopic (exact) mass is 221 g/mol. The van der Waals surface area contributed by atoms with E-state index in [2.05, 4.69) is 0 Å². The van der Waals surface area contributed by atoms with E-state index in [0.717, 1.165) is 11.8 Å². The highest BCUT2D eigenvalue weighted by atomic mass is 16.5. The zero-order valence-corrected chi connectivity index (χ0v) is 8.42. The highest BCUT2D eigenvalue weighted by Crippen LogP contribution is 2.13. The molecule has 5 heteroatoms. The van der Waals surface area contributed by atoms with E-state index < -0.39 is 12.0 Å². The Balaban J connectivity index is 2.64. The number of ether oxygens (including phenoxy) is 1. The number of aliphatic carboxylic acids is 1. The van der Waals surface area contributed by atoms with Gasteiger partial charge in [0, 0.05) is 0 Å². The van der Waals surface area contributed by atoms with Gasteiger partial charge in [0.2, 0.25) is 0 Å². The molecule has 1 atom stereocenters. The van der Waals surface area contributed by atoms with Gasteiger partial charge in [0.15, 0.2) is 12.2 Å². The summed E-state index contributed by atoms with van der Waals surface area (Å²) in [6.45, 7) is 0. The molecule has 0 aliphatic carbocycles. The molecule has 84 valence electrons. The molecule has 0 fully saturated rings. The van der Waals surface area contributed by atoms with Crippen LogP contribution in [0.4, 0.5) is 0 Å². The standard InChI is InChI=1S/C11H11NO4/c12-10(11(14)15)7-8-1-3-9(4-2-8)16-6-5-13/h1-4,6,10H,7,12H2,(H,14,15)/t10-/m0/s1. The predicted molar refractivity (Wildman–Crippen MR) is 56.6 cm³/mol. The maximum Gasteiger partial charge on any atom is 0.320 e. The third-order valence-electron chi connectivity index (χ3n) is 1.94. The summed E-state index contributed by atoms with van der Waals surface area (Å²) >= 11 is 0. The van der Waals surface area contributed by atoms with E-state index in [1.807, 2.05) is 0 Å². The lowest BCUT2D eigenvalue weighted by molar-refractivity contribution is -0.138. The summed E-state index contributed by atoms with van der Waals surface area (Å²) in [7, 11) is 0. The van der Waals surface area contributed by atoms with Crippen LogP contribution >= 0.6 is 0 Å². The molecular weight excluding hydrogens is 210 g/mol. The summed E-state index contributed by atoms with van der Waals surface area (Å²) in [6, 6.07) is 5.71. The number of hydrogen-bond donors (Lipinski definition) is 2. The third kappa shape index (κ3) is 3.57. The minimum Gasteiger partial charge on any atom is -0.480 e. The van der Waals surface area contributed by atoms with Gasteiger partial charge >= 0.3 is 5.97 Å². The quantitative estimate of drug-likeness (QED) is 0.553. The number of rotatable bonds is 5. The molecule has 0 saturated carbocycles. The lowest BCUT2D eigenvalue weighted by Gasteiger charge is -2.06. The van der Waals surface area contributed by atoms with Crippen LogP contribution in [-0.4, -0.2) is 23.1 Å². The summed E-state index contributed by atoms with van der Waals surface area (Å²) in [4.78, 5) is 20.4. The summed E-state index contributed by atoms with van der Waals surface area (Å²) < 4.78 is 4.87. The van der Waals surface area contributed by atoms with Gasteiger partial charge in [-0.05, 0) is 24.1 Å². The van der Waals surface area contributed by atoms with Crippen molar-refractivity contribution in [1.29, 1.82) is 0 Å². The number of carbonyl (C=O) groups is 1. The van der Waals surface area contributed by atoms with E-state index >= 15 is 0 Å². The Hall–Kier alpha value is -2.10. The molecule has 1 rings (SSSR count). The Bertz CT molecular complexity index is 406. The van der Waals surface area contributed by atoms with Crippen molar-refractivity contribution in [2.24, 2.45) is 5.73 Å². The second-order valence-corrected chi connectivity index (χ2v) is 3.15. The van der Waals surface area contributed by atoms with Crippen LogP contribution < -0.4 is 10.5 Å². The number of carboxylic acid groups (broad SMARTS) is 1. The van der Waals surface area contributed by atoms with Gasteiger partial charge in [0.05, 0.1) is 0 Å². The van der Waals surface area contributed by atoms with E-state index in [9.17, 15) is 9.59 Å². The summed E-state index contributed by atoms with van der Waals surface area (Å²) in [5.74, 6) is 0.928. The number of nitrogens with two attached hydrogens (primary N) is 1.